The molecular formula is C13H17N5O. The van der Waals surface area contributed by atoms with Crippen LogP contribution < -0.4 is 16.6 Å². The summed E-state index contributed by atoms with van der Waals surface area (Å²) < 4.78 is 1.90. The van der Waals surface area contributed by atoms with Crippen LogP contribution in [0.2, 0.25) is 0 Å². The number of nitrogens with one attached hydrogen (secondary N) is 2. The maximum absolute atomic E-state index is 12.1. The van der Waals surface area contributed by atoms with Crippen LogP contribution in [-0.2, 0) is 6.54 Å². The van der Waals surface area contributed by atoms with Crippen molar-refractivity contribution in [2.75, 3.05) is 12.0 Å². The molecule has 6 heteroatoms. The number of aryl methyl sites for hydroxylation is 1. The second-order valence-electron chi connectivity index (χ2n) is 4.25. The molecule has 1 heterocycles. The molecule has 0 aliphatic rings. The van der Waals surface area contributed by atoms with E-state index in [1.165, 1.54) is 0 Å². The van der Waals surface area contributed by atoms with Gasteiger partial charge in [-0.2, -0.15) is 0 Å². The van der Waals surface area contributed by atoms with Gasteiger partial charge in [-0.15, -0.1) is 0 Å². The van der Waals surface area contributed by atoms with Crippen molar-refractivity contribution in [1.82, 2.24) is 14.9 Å². The smallest absolute Gasteiger partial charge is 0.253 e. The summed E-state index contributed by atoms with van der Waals surface area (Å²) in [7, 11) is 0. The van der Waals surface area contributed by atoms with Crippen molar-refractivity contribution in [3.8, 4) is 0 Å². The lowest BCUT2D eigenvalue weighted by Gasteiger charge is -2.10. The van der Waals surface area contributed by atoms with Crippen LogP contribution in [0.15, 0.2) is 36.9 Å². The third kappa shape index (κ3) is 3.32. The third-order valence-corrected chi connectivity index (χ3v) is 2.79. The summed E-state index contributed by atoms with van der Waals surface area (Å²) in [6, 6.07) is 5.50. The van der Waals surface area contributed by atoms with E-state index in [1.54, 1.807) is 18.6 Å². The molecule has 6 nitrogen and oxygen atoms in total. The lowest BCUT2D eigenvalue weighted by Crippen LogP contribution is -2.28. The van der Waals surface area contributed by atoms with Gasteiger partial charge in [-0.1, -0.05) is 11.6 Å². The molecule has 0 aliphatic carbocycles. The number of nitrogens with two attached hydrogens (primary N) is 1. The van der Waals surface area contributed by atoms with Gasteiger partial charge in [0.1, 0.15) is 0 Å². The number of rotatable bonds is 5. The number of benzene rings is 1. The highest BCUT2D eigenvalue weighted by Crippen LogP contribution is 2.15. The summed E-state index contributed by atoms with van der Waals surface area (Å²) in [6.45, 7) is 3.15. The average molecular weight is 259 g/mol. The number of imidazole rings is 1. The number of amides is 1. The Hall–Kier alpha value is -2.34. The van der Waals surface area contributed by atoms with E-state index in [2.05, 4.69) is 15.7 Å². The predicted octanol–water partition coefficient (Wildman–Crippen LogP) is 0.907. The summed E-state index contributed by atoms with van der Waals surface area (Å²) in [5.74, 6) is 5.26. The molecule has 0 bridgehead atoms. The Morgan fingerprint density at radius 3 is 3.00 bits per heavy atom. The zero-order valence-corrected chi connectivity index (χ0v) is 10.8. The molecule has 0 fully saturated rings. The van der Waals surface area contributed by atoms with E-state index >= 15 is 0 Å². The molecule has 2 rings (SSSR count). The molecule has 1 amide bonds. The van der Waals surface area contributed by atoms with Gasteiger partial charge in [0.15, 0.2) is 0 Å². The molecular weight excluding hydrogens is 242 g/mol. The number of aromatic nitrogens is 2. The molecule has 1 aromatic carbocycles. The number of anilines is 1. The summed E-state index contributed by atoms with van der Waals surface area (Å²) >= 11 is 0. The highest BCUT2D eigenvalue weighted by Gasteiger charge is 2.10. The van der Waals surface area contributed by atoms with E-state index in [9.17, 15) is 4.79 Å². The fourth-order valence-corrected chi connectivity index (χ4v) is 1.78. The molecule has 0 spiro atoms. The fraction of sp³-hybridized carbons (Fsp3) is 0.231. The standard InChI is InChI=1S/C13H17N5O/c1-10-2-3-12(17-14)11(8-10)13(19)16-5-7-18-6-4-15-9-18/h2-4,6,8-9,17H,5,7,14H2,1H3,(H,16,19). The van der Waals surface area contributed by atoms with Crippen LogP contribution in [0.4, 0.5) is 5.69 Å². The number of hydrogen-bond donors (Lipinski definition) is 3. The van der Waals surface area contributed by atoms with Crippen molar-refractivity contribution in [2.24, 2.45) is 5.84 Å². The number of carbonyl (C=O) groups is 1. The van der Waals surface area contributed by atoms with Crippen molar-refractivity contribution in [2.45, 2.75) is 13.5 Å². The van der Waals surface area contributed by atoms with E-state index in [0.29, 0.717) is 24.3 Å². The van der Waals surface area contributed by atoms with Crippen molar-refractivity contribution in [3.63, 3.8) is 0 Å². The van der Waals surface area contributed by atoms with Gasteiger partial charge in [0.25, 0.3) is 5.91 Å². The van der Waals surface area contributed by atoms with Crippen molar-refractivity contribution < 1.29 is 4.79 Å². The van der Waals surface area contributed by atoms with Gasteiger partial charge in [0, 0.05) is 25.5 Å². The number of hydrogen-bond acceptors (Lipinski definition) is 4. The molecule has 19 heavy (non-hydrogen) atoms. The monoisotopic (exact) mass is 259 g/mol. The molecule has 0 saturated carbocycles. The third-order valence-electron chi connectivity index (χ3n) is 2.79. The Labute approximate surface area is 111 Å². The van der Waals surface area contributed by atoms with Crippen molar-refractivity contribution in [3.05, 3.63) is 48.0 Å². The molecule has 0 saturated heterocycles. The van der Waals surface area contributed by atoms with E-state index in [1.807, 2.05) is 29.8 Å². The minimum absolute atomic E-state index is 0.142. The second kappa shape index (κ2) is 6.01. The zero-order chi connectivity index (χ0) is 13.7. The quantitative estimate of drug-likeness (QED) is 0.550. The van der Waals surface area contributed by atoms with Crippen LogP contribution in [0.1, 0.15) is 15.9 Å². The molecule has 0 radical (unpaired) electrons. The first-order valence-corrected chi connectivity index (χ1v) is 6.02. The van der Waals surface area contributed by atoms with Crippen LogP contribution in [-0.4, -0.2) is 22.0 Å². The number of nitrogens with zero attached hydrogens (tertiary/aromatic N) is 2. The average Bonchev–Trinajstić information content (AvgIpc) is 2.91. The van der Waals surface area contributed by atoms with Crippen molar-refractivity contribution in [1.29, 1.82) is 0 Å². The first-order chi connectivity index (χ1) is 9.20. The molecule has 1 aromatic heterocycles. The maximum Gasteiger partial charge on any atom is 0.253 e. The topological polar surface area (TPSA) is 85.0 Å². The summed E-state index contributed by atoms with van der Waals surface area (Å²) in [5.41, 5.74) is 4.71. The van der Waals surface area contributed by atoms with E-state index in [0.717, 1.165) is 5.56 Å². The molecule has 0 unspecified atom stereocenters. The van der Waals surface area contributed by atoms with Gasteiger partial charge >= 0.3 is 0 Å². The van der Waals surface area contributed by atoms with Gasteiger partial charge < -0.3 is 15.3 Å². The Bertz CT molecular complexity index is 550. The van der Waals surface area contributed by atoms with Crippen LogP contribution in [0, 0.1) is 6.92 Å². The highest BCUT2D eigenvalue weighted by molar-refractivity contribution is 5.99. The molecule has 0 atom stereocenters. The molecule has 2 aromatic rings. The normalized spacial score (nSPS) is 10.2. The minimum atomic E-state index is -0.142. The predicted molar refractivity (Wildman–Crippen MR) is 73.5 cm³/mol. The number of nitrogen functional groups attached to an aromatic ring is 1. The zero-order valence-electron chi connectivity index (χ0n) is 10.8. The van der Waals surface area contributed by atoms with Crippen LogP contribution >= 0.6 is 0 Å². The number of hydrazine groups is 1. The lowest BCUT2D eigenvalue weighted by molar-refractivity contribution is 0.0953. The summed E-state index contributed by atoms with van der Waals surface area (Å²) in [5, 5.41) is 2.86. The molecule has 0 aliphatic heterocycles. The first kappa shape index (κ1) is 13.1. The van der Waals surface area contributed by atoms with E-state index < -0.39 is 0 Å². The van der Waals surface area contributed by atoms with E-state index in [-0.39, 0.29) is 5.91 Å². The lowest BCUT2D eigenvalue weighted by atomic mass is 10.1. The van der Waals surface area contributed by atoms with Gasteiger partial charge in [0.2, 0.25) is 0 Å². The van der Waals surface area contributed by atoms with Crippen LogP contribution in [0.3, 0.4) is 0 Å². The SMILES string of the molecule is Cc1ccc(NN)c(C(=O)NCCn2ccnc2)c1. The molecule has 100 valence electrons. The second-order valence-corrected chi connectivity index (χ2v) is 4.25. The van der Waals surface area contributed by atoms with Gasteiger partial charge in [0.05, 0.1) is 17.6 Å². The van der Waals surface area contributed by atoms with Gasteiger partial charge in [-0.05, 0) is 19.1 Å². The summed E-state index contributed by atoms with van der Waals surface area (Å²) in [4.78, 5) is 16.0. The molecule has 4 N–H and O–H groups in total. The largest absolute Gasteiger partial charge is 0.350 e. The van der Waals surface area contributed by atoms with Gasteiger partial charge in [-0.3, -0.25) is 10.6 Å². The van der Waals surface area contributed by atoms with Crippen molar-refractivity contribution >= 4 is 11.6 Å². The highest BCUT2D eigenvalue weighted by atomic mass is 16.1. The Kier molecular flexibility index (Phi) is 4.15. The summed E-state index contributed by atoms with van der Waals surface area (Å²) in [6.07, 6.45) is 5.27. The van der Waals surface area contributed by atoms with Crippen LogP contribution in [0.5, 0.6) is 0 Å². The van der Waals surface area contributed by atoms with E-state index in [4.69, 9.17) is 5.84 Å². The van der Waals surface area contributed by atoms with Gasteiger partial charge in [-0.25, -0.2) is 4.98 Å². The van der Waals surface area contributed by atoms with Crippen LogP contribution in [0.25, 0.3) is 0 Å². The first-order valence-electron chi connectivity index (χ1n) is 6.02. The fourth-order valence-electron chi connectivity index (χ4n) is 1.78. The number of carbonyl (C=O) groups excluding carboxylic acids is 1. The minimum Gasteiger partial charge on any atom is -0.350 e. The maximum atomic E-state index is 12.1. The Balaban J connectivity index is 1.97. The Morgan fingerprint density at radius 1 is 1.47 bits per heavy atom. The Morgan fingerprint density at radius 2 is 2.32 bits per heavy atom.